The van der Waals surface area contributed by atoms with Crippen LogP contribution in [-0.4, -0.2) is 32.4 Å². The fraction of sp³-hybridized carbons (Fsp3) is 0.333. The normalized spacial score (nSPS) is 19.0. The molecule has 1 N–H and O–H groups in total. The van der Waals surface area contributed by atoms with Crippen molar-refractivity contribution in [1.82, 2.24) is 9.62 Å². The van der Waals surface area contributed by atoms with Gasteiger partial charge >= 0.3 is 6.18 Å². The summed E-state index contributed by atoms with van der Waals surface area (Å²) in [5, 5.41) is 0. The number of halogens is 3. The predicted octanol–water partition coefficient (Wildman–Crippen LogP) is 3.26. The number of nitrogens with zero attached hydrogens (tertiary/aromatic N) is 1. The van der Waals surface area contributed by atoms with Crippen LogP contribution in [0.25, 0.3) is 0 Å². The van der Waals surface area contributed by atoms with E-state index in [0.29, 0.717) is 26.1 Å². The summed E-state index contributed by atoms with van der Waals surface area (Å²) in [5.74, 6) is 0. The first-order valence-electron chi connectivity index (χ1n) is 8.20. The minimum Gasteiger partial charge on any atom is -0.297 e. The van der Waals surface area contributed by atoms with E-state index in [1.807, 2.05) is 30.3 Å². The van der Waals surface area contributed by atoms with Gasteiger partial charge in [0.05, 0.1) is 10.5 Å². The molecule has 8 heteroatoms. The van der Waals surface area contributed by atoms with Gasteiger partial charge in [-0.05, 0) is 24.1 Å². The summed E-state index contributed by atoms with van der Waals surface area (Å²) < 4.78 is 66.7. The molecule has 26 heavy (non-hydrogen) atoms. The molecule has 0 saturated carbocycles. The highest BCUT2D eigenvalue weighted by Gasteiger charge is 2.38. The van der Waals surface area contributed by atoms with Gasteiger partial charge in [-0.25, -0.2) is 13.1 Å². The van der Waals surface area contributed by atoms with Crippen LogP contribution in [0.15, 0.2) is 59.5 Å². The molecule has 0 amide bonds. The van der Waals surface area contributed by atoms with E-state index in [-0.39, 0.29) is 0 Å². The first-order valence-corrected chi connectivity index (χ1v) is 9.69. The topological polar surface area (TPSA) is 49.4 Å². The summed E-state index contributed by atoms with van der Waals surface area (Å²) in [5.41, 5.74) is -0.0370. The van der Waals surface area contributed by atoms with Crippen LogP contribution in [0, 0.1) is 0 Å². The number of sulfonamides is 1. The molecular formula is C18H19F3N2O2S. The molecule has 2 aromatic carbocycles. The first-order chi connectivity index (χ1) is 12.3. The smallest absolute Gasteiger partial charge is 0.297 e. The van der Waals surface area contributed by atoms with Gasteiger partial charge in [0, 0.05) is 25.7 Å². The Kier molecular flexibility index (Phi) is 5.36. The van der Waals surface area contributed by atoms with Crippen molar-refractivity contribution in [2.24, 2.45) is 0 Å². The molecule has 0 radical (unpaired) electrons. The van der Waals surface area contributed by atoms with E-state index in [1.54, 1.807) is 0 Å². The molecule has 0 bridgehead atoms. The van der Waals surface area contributed by atoms with Crippen LogP contribution in [0.3, 0.4) is 0 Å². The standard InChI is InChI=1S/C18H19F3N2O2S/c19-18(20,21)16-8-4-5-9-17(16)26(24,25)22-15-10-11-23(13-15)12-14-6-2-1-3-7-14/h1-9,15,22H,10-13H2/t15-/m0/s1. The second-order valence-corrected chi connectivity index (χ2v) is 8.00. The first kappa shape index (κ1) is 18.9. The van der Waals surface area contributed by atoms with Crippen molar-refractivity contribution < 1.29 is 21.6 Å². The van der Waals surface area contributed by atoms with Crippen LogP contribution >= 0.6 is 0 Å². The minimum absolute atomic E-state index is 0.412. The van der Waals surface area contributed by atoms with Gasteiger partial charge in [-0.3, -0.25) is 4.90 Å². The fourth-order valence-electron chi connectivity index (χ4n) is 3.13. The van der Waals surface area contributed by atoms with Gasteiger partial charge in [0.2, 0.25) is 10.0 Å². The molecular weight excluding hydrogens is 365 g/mol. The lowest BCUT2D eigenvalue weighted by Crippen LogP contribution is -2.37. The Morgan fingerprint density at radius 2 is 1.69 bits per heavy atom. The summed E-state index contributed by atoms with van der Waals surface area (Å²) >= 11 is 0. The highest BCUT2D eigenvalue weighted by Crippen LogP contribution is 2.34. The van der Waals surface area contributed by atoms with Crippen molar-refractivity contribution >= 4 is 10.0 Å². The van der Waals surface area contributed by atoms with Gasteiger partial charge in [0.25, 0.3) is 0 Å². The zero-order valence-corrected chi connectivity index (χ0v) is 14.7. The second-order valence-electron chi connectivity index (χ2n) is 6.32. The SMILES string of the molecule is O=S(=O)(N[C@H]1CCN(Cc2ccccc2)C1)c1ccccc1C(F)(F)F. The summed E-state index contributed by atoms with van der Waals surface area (Å²) in [7, 11) is -4.25. The van der Waals surface area contributed by atoms with Crippen LogP contribution < -0.4 is 4.72 Å². The van der Waals surface area contributed by atoms with Gasteiger partial charge in [-0.15, -0.1) is 0 Å². The zero-order chi connectivity index (χ0) is 18.8. The van der Waals surface area contributed by atoms with E-state index in [2.05, 4.69) is 9.62 Å². The Balaban J connectivity index is 1.70. The van der Waals surface area contributed by atoms with Crippen molar-refractivity contribution in [3.05, 3.63) is 65.7 Å². The van der Waals surface area contributed by atoms with E-state index in [0.717, 1.165) is 17.7 Å². The van der Waals surface area contributed by atoms with Crippen LogP contribution in [0.2, 0.25) is 0 Å². The largest absolute Gasteiger partial charge is 0.417 e. The highest BCUT2D eigenvalue weighted by atomic mass is 32.2. The molecule has 1 heterocycles. The van der Waals surface area contributed by atoms with Crippen molar-refractivity contribution in [1.29, 1.82) is 0 Å². The monoisotopic (exact) mass is 384 g/mol. The maximum absolute atomic E-state index is 13.1. The number of hydrogen-bond donors (Lipinski definition) is 1. The molecule has 0 spiro atoms. The second kappa shape index (κ2) is 7.38. The van der Waals surface area contributed by atoms with E-state index in [1.165, 1.54) is 12.1 Å². The molecule has 3 rings (SSSR count). The zero-order valence-electron chi connectivity index (χ0n) is 13.9. The summed E-state index contributed by atoms with van der Waals surface area (Å²) in [6.45, 7) is 1.82. The third-order valence-corrected chi connectivity index (χ3v) is 5.90. The predicted molar refractivity (Wildman–Crippen MR) is 91.9 cm³/mol. The number of benzene rings is 2. The average molecular weight is 384 g/mol. The van der Waals surface area contributed by atoms with Crippen LogP contribution in [0.4, 0.5) is 13.2 Å². The van der Waals surface area contributed by atoms with Crippen molar-refractivity contribution in [2.45, 2.75) is 30.1 Å². The lowest BCUT2D eigenvalue weighted by atomic mass is 10.2. The summed E-state index contributed by atoms with van der Waals surface area (Å²) in [6.07, 6.45) is -4.17. The Morgan fingerprint density at radius 3 is 2.38 bits per heavy atom. The lowest BCUT2D eigenvalue weighted by molar-refractivity contribution is -0.139. The van der Waals surface area contributed by atoms with E-state index < -0.39 is 32.7 Å². The fourth-order valence-corrected chi connectivity index (χ4v) is 4.62. The molecule has 1 atom stereocenters. The van der Waals surface area contributed by atoms with Crippen LogP contribution in [0.1, 0.15) is 17.5 Å². The number of nitrogens with one attached hydrogen (secondary N) is 1. The summed E-state index contributed by atoms with van der Waals surface area (Å²) in [4.78, 5) is 1.35. The lowest BCUT2D eigenvalue weighted by Gasteiger charge is -2.18. The number of alkyl halides is 3. The van der Waals surface area contributed by atoms with Gasteiger partial charge in [-0.1, -0.05) is 42.5 Å². The van der Waals surface area contributed by atoms with Crippen molar-refractivity contribution in [3.8, 4) is 0 Å². The van der Waals surface area contributed by atoms with Crippen LogP contribution in [-0.2, 0) is 22.7 Å². The Labute approximate surface area is 150 Å². The maximum atomic E-state index is 13.1. The Morgan fingerprint density at radius 1 is 1.04 bits per heavy atom. The Hall–Kier alpha value is -1.90. The van der Waals surface area contributed by atoms with E-state index in [4.69, 9.17) is 0 Å². The quantitative estimate of drug-likeness (QED) is 0.861. The molecule has 1 fully saturated rings. The number of likely N-dealkylation sites (tertiary alicyclic amines) is 1. The van der Waals surface area contributed by atoms with Gasteiger partial charge in [0.15, 0.2) is 0 Å². The molecule has 2 aromatic rings. The molecule has 4 nitrogen and oxygen atoms in total. The highest BCUT2D eigenvalue weighted by molar-refractivity contribution is 7.89. The minimum atomic E-state index is -4.72. The van der Waals surface area contributed by atoms with Crippen LogP contribution in [0.5, 0.6) is 0 Å². The van der Waals surface area contributed by atoms with Crippen molar-refractivity contribution in [2.75, 3.05) is 13.1 Å². The van der Waals surface area contributed by atoms with E-state index >= 15 is 0 Å². The van der Waals surface area contributed by atoms with E-state index in [9.17, 15) is 21.6 Å². The van der Waals surface area contributed by atoms with Crippen molar-refractivity contribution in [3.63, 3.8) is 0 Å². The average Bonchev–Trinajstić information content (AvgIpc) is 3.01. The molecule has 1 saturated heterocycles. The third-order valence-electron chi connectivity index (χ3n) is 4.33. The molecule has 140 valence electrons. The van der Waals surface area contributed by atoms with Gasteiger partial charge in [-0.2, -0.15) is 13.2 Å². The molecule has 0 unspecified atom stereocenters. The summed E-state index contributed by atoms with van der Waals surface area (Å²) in [6, 6.07) is 13.6. The Bertz CT molecular complexity index is 854. The molecule has 0 aromatic heterocycles. The molecule has 1 aliphatic heterocycles. The maximum Gasteiger partial charge on any atom is 0.417 e. The molecule has 0 aliphatic carbocycles. The number of rotatable bonds is 5. The van der Waals surface area contributed by atoms with Gasteiger partial charge < -0.3 is 0 Å². The molecule has 1 aliphatic rings. The van der Waals surface area contributed by atoms with Gasteiger partial charge in [0.1, 0.15) is 0 Å². The number of hydrogen-bond acceptors (Lipinski definition) is 3. The third kappa shape index (κ3) is 4.44.